The Bertz CT molecular complexity index is 1010. The molecule has 4 heterocycles. The Labute approximate surface area is 172 Å². The number of aliphatic hydroxyl groups is 1. The predicted octanol–water partition coefficient (Wildman–Crippen LogP) is 4.88. The van der Waals surface area contributed by atoms with Crippen molar-refractivity contribution in [1.29, 1.82) is 0 Å². The molecule has 0 unspecified atom stereocenters. The fraction of sp³-hybridized carbons (Fsp3) is 0.346. The molecule has 3 aliphatic rings. The molecule has 3 aliphatic heterocycles. The molecule has 3 fully saturated rings. The maximum absolute atomic E-state index is 11.7. The fourth-order valence-corrected chi connectivity index (χ4v) is 5.91. The van der Waals surface area contributed by atoms with Gasteiger partial charge in [-0.1, -0.05) is 54.6 Å². The third-order valence-corrected chi connectivity index (χ3v) is 7.38. The molecule has 0 saturated carbocycles. The van der Waals surface area contributed by atoms with Crippen LogP contribution in [0.25, 0.3) is 10.9 Å². The molecular weight excluding hydrogens is 356 g/mol. The number of rotatable bonds is 5. The zero-order chi connectivity index (χ0) is 19.8. The van der Waals surface area contributed by atoms with Crippen molar-refractivity contribution in [2.24, 2.45) is 11.8 Å². The van der Waals surface area contributed by atoms with Crippen LogP contribution in [0.4, 0.5) is 0 Å². The summed E-state index contributed by atoms with van der Waals surface area (Å²) in [5, 5.41) is 12.8. The van der Waals surface area contributed by atoms with Gasteiger partial charge < -0.3 is 9.59 Å². The molecule has 2 aromatic carbocycles. The number of hydrogen-bond donors (Lipinski definition) is 1. The van der Waals surface area contributed by atoms with Crippen molar-refractivity contribution in [1.82, 2.24) is 4.98 Å². The molecule has 3 saturated heterocycles. The lowest BCUT2D eigenvalue weighted by Crippen LogP contribution is -2.67. The van der Waals surface area contributed by atoms with Gasteiger partial charge in [0.15, 0.2) is 0 Å². The normalized spacial score (nSPS) is 29.6. The molecule has 2 bridgehead atoms. The summed E-state index contributed by atoms with van der Waals surface area (Å²) >= 11 is 0. The van der Waals surface area contributed by atoms with E-state index in [1.54, 1.807) is 0 Å². The number of benzene rings is 2. The van der Waals surface area contributed by atoms with Crippen LogP contribution in [0.15, 0.2) is 79.5 Å². The first kappa shape index (κ1) is 18.5. The zero-order valence-electron chi connectivity index (χ0n) is 16.8. The average molecular weight is 386 g/mol. The minimum atomic E-state index is -0.486. The molecule has 5 atom stereocenters. The number of pyridine rings is 1. The lowest BCUT2D eigenvalue weighted by atomic mass is 9.71. The van der Waals surface area contributed by atoms with Gasteiger partial charge in [-0.2, -0.15) is 0 Å². The van der Waals surface area contributed by atoms with Crippen LogP contribution in [0, 0.1) is 11.8 Å². The Morgan fingerprint density at radius 1 is 1.10 bits per heavy atom. The van der Waals surface area contributed by atoms with Crippen molar-refractivity contribution in [3.05, 3.63) is 90.6 Å². The lowest BCUT2D eigenvalue weighted by Gasteiger charge is -2.58. The number of quaternary nitrogens is 1. The van der Waals surface area contributed by atoms with Gasteiger partial charge in [-0.05, 0) is 23.6 Å². The van der Waals surface area contributed by atoms with E-state index in [1.807, 2.05) is 30.5 Å². The van der Waals surface area contributed by atoms with Gasteiger partial charge in [0.25, 0.3) is 0 Å². The number of aliphatic hydroxyl groups excluding tert-OH is 1. The van der Waals surface area contributed by atoms with Crippen LogP contribution in [0.1, 0.15) is 30.1 Å². The molecule has 1 aromatic heterocycles. The van der Waals surface area contributed by atoms with E-state index in [0.717, 1.165) is 47.0 Å². The fourth-order valence-electron chi connectivity index (χ4n) is 5.91. The third-order valence-electron chi connectivity index (χ3n) is 7.38. The Morgan fingerprint density at radius 2 is 1.90 bits per heavy atom. The van der Waals surface area contributed by atoms with Gasteiger partial charge >= 0.3 is 0 Å². The van der Waals surface area contributed by atoms with Crippen LogP contribution in [-0.2, 0) is 6.54 Å². The van der Waals surface area contributed by atoms with Crippen molar-refractivity contribution in [3.63, 3.8) is 0 Å². The maximum Gasteiger partial charge on any atom is 0.131 e. The van der Waals surface area contributed by atoms with E-state index in [2.05, 4.69) is 54.0 Å². The smallest absolute Gasteiger partial charge is 0.131 e. The van der Waals surface area contributed by atoms with Crippen LogP contribution in [0.2, 0.25) is 0 Å². The van der Waals surface area contributed by atoms with Gasteiger partial charge in [-0.15, -0.1) is 6.58 Å². The first-order valence-corrected chi connectivity index (χ1v) is 10.7. The predicted molar refractivity (Wildman–Crippen MR) is 117 cm³/mol. The van der Waals surface area contributed by atoms with E-state index < -0.39 is 6.10 Å². The van der Waals surface area contributed by atoms with Crippen LogP contribution in [-0.4, -0.2) is 33.7 Å². The van der Waals surface area contributed by atoms with E-state index >= 15 is 0 Å². The van der Waals surface area contributed by atoms with Crippen molar-refractivity contribution in [2.45, 2.75) is 31.5 Å². The van der Waals surface area contributed by atoms with Gasteiger partial charge in [-0.25, -0.2) is 0 Å². The molecule has 6 rings (SSSR count). The van der Waals surface area contributed by atoms with Gasteiger partial charge in [0.05, 0.1) is 18.6 Å². The van der Waals surface area contributed by atoms with Crippen molar-refractivity contribution >= 4 is 10.9 Å². The molecule has 148 valence electrons. The van der Waals surface area contributed by atoms with Gasteiger partial charge in [0.1, 0.15) is 18.7 Å². The average Bonchev–Trinajstić information content (AvgIpc) is 2.78. The van der Waals surface area contributed by atoms with Crippen LogP contribution < -0.4 is 0 Å². The summed E-state index contributed by atoms with van der Waals surface area (Å²) in [7, 11) is 0. The maximum atomic E-state index is 11.7. The summed E-state index contributed by atoms with van der Waals surface area (Å²) in [5.74, 6) is 1.18. The molecule has 1 N–H and O–H groups in total. The number of hydrogen-bond acceptors (Lipinski definition) is 2. The summed E-state index contributed by atoms with van der Waals surface area (Å²) in [6, 6.07) is 21.2. The highest BCUT2D eigenvalue weighted by Crippen LogP contribution is 2.47. The summed E-state index contributed by atoms with van der Waals surface area (Å²) in [6.07, 6.45) is 5.79. The molecule has 29 heavy (non-hydrogen) atoms. The summed E-state index contributed by atoms with van der Waals surface area (Å²) in [5.41, 5.74) is 3.33. The summed E-state index contributed by atoms with van der Waals surface area (Å²) in [4.78, 5) is 4.50. The highest BCUT2D eigenvalue weighted by Gasteiger charge is 2.53. The second-order valence-corrected chi connectivity index (χ2v) is 8.88. The quantitative estimate of drug-likeness (QED) is 0.502. The second kappa shape index (κ2) is 7.40. The number of piperidine rings is 3. The van der Waals surface area contributed by atoms with Gasteiger partial charge in [0.2, 0.25) is 0 Å². The van der Waals surface area contributed by atoms with Gasteiger partial charge in [-0.3, -0.25) is 4.98 Å². The van der Waals surface area contributed by atoms with Crippen LogP contribution >= 0.6 is 0 Å². The van der Waals surface area contributed by atoms with Crippen molar-refractivity contribution in [2.75, 3.05) is 13.1 Å². The molecule has 3 aromatic rings. The highest BCUT2D eigenvalue weighted by molar-refractivity contribution is 5.82. The van der Waals surface area contributed by atoms with E-state index in [0.29, 0.717) is 11.8 Å². The summed E-state index contributed by atoms with van der Waals surface area (Å²) in [6.45, 7) is 7.32. The minimum absolute atomic E-state index is 0.205. The topological polar surface area (TPSA) is 33.1 Å². The molecule has 0 spiro atoms. The minimum Gasteiger partial charge on any atom is -0.382 e. The third kappa shape index (κ3) is 3.19. The standard InChI is InChI=1S/C26H29N2O/c1-2-20-18-28(17-19-8-4-3-5-9-19)15-13-21(20)16-25(28)26(29)23-12-14-27-24-11-7-6-10-22(23)24/h2-12,14,20-21,25-26,29H,1,13,15-18H2/q+1/t20-,21-,25+,26-,28+/m0/s1. The Morgan fingerprint density at radius 3 is 2.72 bits per heavy atom. The molecule has 3 heteroatoms. The van der Waals surface area contributed by atoms with Crippen LogP contribution in [0.3, 0.4) is 0 Å². The monoisotopic (exact) mass is 385 g/mol. The highest BCUT2D eigenvalue weighted by atomic mass is 16.3. The Kier molecular flexibility index (Phi) is 4.73. The van der Waals surface area contributed by atoms with E-state index in [1.165, 1.54) is 12.0 Å². The Balaban J connectivity index is 1.56. The van der Waals surface area contributed by atoms with E-state index in [9.17, 15) is 5.11 Å². The number of para-hydroxylation sites is 1. The first-order valence-electron chi connectivity index (χ1n) is 10.7. The SMILES string of the molecule is C=C[C@H]1C[N@+]2(Cc3ccccc3)CC[C@H]1C[C@@H]2[C@@H](O)c1ccnc2ccccc12. The zero-order valence-corrected chi connectivity index (χ0v) is 16.8. The summed E-state index contributed by atoms with van der Waals surface area (Å²) < 4.78 is 0.953. The number of fused-ring (bicyclic) bond motifs is 4. The Hall–Kier alpha value is -2.49. The first-order chi connectivity index (χ1) is 14.2. The van der Waals surface area contributed by atoms with Gasteiger partial charge in [0, 0.05) is 35.9 Å². The number of nitrogens with zero attached hydrogens (tertiary/aromatic N) is 2. The molecule has 0 amide bonds. The lowest BCUT2D eigenvalue weighted by molar-refractivity contribution is -0.984. The molecule has 0 radical (unpaired) electrons. The van der Waals surface area contributed by atoms with E-state index in [4.69, 9.17) is 0 Å². The number of aromatic nitrogens is 1. The molecule has 0 aliphatic carbocycles. The largest absolute Gasteiger partial charge is 0.382 e. The van der Waals surface area contributed by atoms with Crippen LogP contribution in [0.5, 0.6) is 0 Å². The van der Waals surface area contributed by atoms with Crippen molar-refractivity contribution < 1.29 is 9.59 Å². The van der Waals surface area contributed by atoms with Crippen molar-refractivity contribution in [3.8, 4) is 0 Å². The second-order valence-electron chi connectivity index (χ2n) is 8.88. The molecular formula is C26H29N2O+. The van der Waals surface area contributed by atoms with E-state index in [-0.39, 0.29) is 6.04 Å². The molecule has 3 nitrogen and oxygen atoms in total.